The van der Waals surface area contributed by atoms with Gasteiger partial charge in [0.15, 0.2) is 5.78 Å². The lowest BCUT2D eigenvalue weighted by molar-refractivity contribution is -0.385. The normalized spacial score (nSPS) is 11.2. The van der Waals surface area contributed by atoms with Crippen LogP contribution in [0, 0.1) is 16.0 Å². The van der Waals surface area contributed by atoms with Crippen molar-refractivity contribution in [3.05, 3.63) is 75.0 Å². The van der Waals surface area contributed by atoms with Crippen LogP contribution < -0.4 is 0 Å². The highest BCUT2D eigenvalue weighted by Crippen LogP contribution is 2.32. The van der Waals surface area contributed by atoms with Crippen LogP contribution in [0.15, 0.2) is 42.5 Å². The SMILES string of the molecule is CCCc1c(C(=O)C(C)C)c2ccc(C(=O)O)cc2n1Cc1ccccc1[N+](=O)[O-]. The Morgan fingerprint density at radius 2 is 1.87 bits per heavy atom. The number of carbonyl (C=O) groups is 2. The van der Waals surface area contributed by atoms with Gasteiger partial charge in [-0.05, 0) is 18.6 Å². The first kappa shape index (κ1) is 21.2. The van der Waals surface area contributed by atoms with Crippen LogP contribution in [0.5, 0.6) is 0 Å². The molecule has 0 saturated heterocycles. The monoisotopic (exact) mass is 408 g/mol. The zero-order valence-electron chi connectivity index (χ0n) is 17.2. The molecule has 0 aliphatic heterocycles. The summed E-state index contributed by atoms with van der Waals surface area (Å²) in [5.74, 6) is -1.32. The number of rotatable bonds is 8. The van der Waals surface area contributed by atoms with Crippen LogP contribution in [0.1, 0.15) is 59.2 Å². The van der Waals surface area contributed by atoms with Crippen molar-refractivity contribution in [2.45, 2.75) is 40.2 Å². The molecule has 1 N–H and O–H groups in total. The van der Waals surface area contributed by atoms with Gasteiger partial charge < -0.3 is 9.67 Å². The van der Waals surface area contributed by atoms with E-state index < -0.39 is 10.9 Å². The van der Waals surface area contributed by atoms with Crippen LogP contribution in [0.3, 0.4) is 0 Å². The molecular weight excluding hydrogens is 384 g/mol. The molecule has 1 aromatic heterocycles. The van der Waals surface area contributed by atoms with Gasteiger partial charge in [-0.1, -0.05) is 51.5 Å². The molecule has 0 bridgehead atoms. The second-order valence-corrected chi connectivity index (χ2v) is 7.60. The van der Waals surface area contributed by atoms with E-state index in [1.54, 1.807) is 30.3 Å². The maximum absolute atomic E-state index is 13.1. The molecule has 1 heterocycles. The fraction of sp³-hybridized carbons (Fsp3) is 0.304. The first-order chi connectivity index (χ1) is 14.3. The number of aromatic nitrogens is 1. The molecule has 156 valence electrons. The van der Waals surface area contributed by atoms with Crippen molar-refractivity contribution < 1.29 is 19.6 Å². The Kier molecular flexibility index (Phi) is 6.01. The number of nitrogens with zero attached hydrogens (tertiary/aromatic N) is 2. The number of para-hydroxylation sites is 1. The summed E-state index contributed by atoms with van der Waals surface area (Å²) < 4.78 is 1.86. The van der Waals surface area contributed by atoms with Crippen molar-refractivity contribution in [2.75, 3.05) is 0 Å². The molecule has 0 aliphatic carbocycles. The van der Waals surface area contributed by atoms with Gasteiger partial charge in [0.05, 0.1) is 22.5 Å². The van der Waals surface area contributed by atoms with E-state index in [0.717, 1.165) is 12.1 Å². The molecule has 0 spiro atoms. The molecule has 0 unspecified atom stereocenters. The average Bonchev–Trinajstić information content (AvgIpc) is 3.00. The lowest BCUT2D eigenvalue weighted by Crippen LogP contribution is -2.13. The van der Waals surface area contributed by atoms with Crippen molar-refractivity contribution in [1.29, 1.82) is 0 Å². The van der Waals surface area contributed by atoms with Gasteiger partial charge in [-0.25, -0.2) is 4.79 Å². The number of carboxylic acid groups (broad SMARTS) is 1. The highest BCUT2D eigenvalue weighted by atomic mass is 16.6. The minimum atomic E-state index is -1.07. The predicted molar refractivity (Wildman–Crippen MR) is 114 cm³/mol. The number of fused-ring (bicyclic) bond motifs is 1. The van der Waals surface area contributed by atoms with Crippen molar-refractivity contribution in [3.8, 4) is 0 Å². The first-order valence-corrected chi connectivity index (χ1v) is 9.91. The second kappa shape index (κ2) is 8.49. The minimum Gasteiger partial charge on any atom is -0.478 e. The number of hydrogen-bond acceptors (Lipinski definition) is 4. The molecule has 2 aromatic carbocycles. The predicted octanol–water partition coefficient (Wildman–Crippen LogP) is 5.09. The number of ketones is 1. The molecule has 30 heavy (non-hydrogen) atoms. The van der Waals surface area contributed by atoms with E-state index >= 15 is 0 Å². The van der Waals surface area contributed by atoms with E-state index in [1.807, 2.05) is 25.3 Å². The third-order valence-corrected chi connectivity index (χ3v) is 5.19. The van der Waals surface area contributed by atoms with Crippen LogP contribution in [-0.2, 0) is 13.0 Å². The Labute approximate surface area is 174 Å². The molecule has 7 nitrogen and oxygen atoms in total. The number of hydrogen-bond donors (Lipinski definition) is 1. The van der Waals surface area contributed by atoms with Gasteiger partial charge in [0.2, 0.25) is 0 Å². The average molecular weight is 408 g/mol. The smallest absolute Gasteiger partial charge is 0.335 e. The van der Waals surface area contributed by atoms with Gasteiger partial charge in [-0.2, -0.15) is 0 Å². The fourth-order valence-electron chi connectivity index (χ4n) is 3.77. The first-order valence-electron chi connectivity index (χ1n) is 9.91. The van der Waals surface area contributed by atoms with Crippen molar-refractivity contribution in [2.24, 2.45) is 5.92 Å². The Morgan fingerprint density at radius 3 is 2.47 bits per heavy atom. The number of nitro groups is 1. The third kappa shape index (κ3) is 3.83. The van der Waals surface area contributed by atoms with Gasteiger partial charge in [0.1, 0.15) is 0 Å². The summed E-state index contributed by atoms with van der Waals surface area (Å²) in [6.45, 7) is 5.83. The second-order valence-electron chi connectivity index (χ2n) is 7.60. The number of benzene rings is 2. The summed E-state index contributed by atoms with van der Waals surface area (Å²) in [6.07, 6.45) is 1.38. The van der Waals surface area contributed by atoms with Crippen LogP contribution in [0.4, 0.5) is 5.69 Å². The molecule has 0 amide bonds. The lowest BCUT2D eigenvalue weighted by Gasteiger charge is -2.13. The van der Waals surface area contributed by atoms with E-state index in [0.29, 0.717) is 28.5 Å². The van der Waals surface area contributed by atoms with Crippen molar-refractivity contribution in [1.82, 2.24) is 4.57 Å². The fourth-order valence-corrected chi connectivity index (χ4v) is 3.77. The molecule has 0 saturated carbocycles. The van der Waals surface area contributed by atoms with Crippen LogP contribution in [0.2, 0.25) is 0 Å². The summed E-state index contributed by atoms with van der Waals surface area (Å²) in [5, 5.41) is 21.6. The van der Waals surface area contributed by atoms with Gasteiger partial charge in [0.25, 0.3) is 5.69 Å². The Morgan fingerprint density at radius 1 is 1.17 bits per heavy atom. The summed E-state index contributed by atoms with van der Waals surface area (Å²) >= 11 is 0. The third-order valence-electron chi connectivity index (χ3n) is 5.19. The van der Waals surface area contributed by atoms with Gasteiger partial charge in [0, 0.05) is 34.2 Å². The summed E-state index contributed by atoms with van der Waals surface area (Å²) in [7, 11) is 0. The number of carbonyl (C=O) groups excluding carboxylic acids is 1. The summed E-state index contributed by atoms with van der Waals surface area (Å²) in [6, 6.07) is 11.2. The summed E-state index contributed by atoms with van der Waals surface area (Å²) in [4.78, 5) is 35.7. The number of aromatic carboxylic acids is 1. The Bertz CT molecular complexity index is 1140. The van der Waals surface area contributed by atoms with Gasteiger partial charge >= 0.3 is 5.97 Å². The molecule has 0 radical (unpaired) electrons. The van der Waals surface area contributed by atoms with E-state index in [1.165, 1.54) is 12.1 Å². The zero-order valence-corrected chi connectivity index (χ0v) is 17.2. The summed E-state index contributed by atoms with van der Waals surface area (Å²) in [5.41, 5.74) is 2.56. The quantitative estimate of drug-likeness (QED) is 0.318. The molecule has 0 aliphatic rings. The standard InChI is InChI=1S/C23H24N2O5/c1-4-7-19-21(22(26)14(2)3)17-11-10-15(23(27)28)12-20(17)24(19)13-16-8-5-6-9-18(16)25(29)30/h5-6,8-12,14H,4,7,13H2,1-3H3,(H,27,28). The number of Topliss-reactive ketones (excluding diaryl/α,β-unsaturated/α-hetero) is 1. The van der Waals surface area contributed by atoms with E-state index in [9.17, 15) is 24.8 Å². The molecule has 7 heteroatoms. The van der Waals surface area contributed by atoms with Crippen molar-refractivity contribution in [3.63, 3.8) is 0 Å². The van der Waals surface area contributed by atoms with E-state index in [4.69, 9.17) is 0 Å². The van der Waals surface area contributed by atoms with E-state index in [-0.39, 0.29) is 29.5 Å². The highest BCUT2D eigenvalue weighted by Gasteiger charge is 2.25. The molecule has 3 rings (SSSR count). The Hall–Kier alpha value is -3.48. The van der Waals surface area contributed by atoms with Gasteiger partial charge in [-0.15, -0.1) is 0 Å². The largest absolute Gasteiger partial charge is 0.478 e. The maximum atomic E-state index is 13.1. The maximum Gasteiger partial charge on any atom is 0.335 e. The van der Waals surface area contributed by atoms with E-state index in [2.05, 4.69) is 0 Å². The van der Waals surface area contributed by atoms with Crippen molar-refractivity contribution >= 4 is 28.3 Å². The van der Waals surface area contributed by atoms with Crippen LogP contribution in [0.25, 0.3) is 10.9 Å². The molecule has 0 fully saturated rings. The zero-order chi connectivity index (χ0) is 22.0. The Balaban J connectivity index is 2.34. The lowest BCUT2D eigenvalue weighted by atomic mass is 9.96. The molecular formula is C23H24N2O5. The molecule has 0 atom stereocenters. The van der Waals surface area contributed by atoms with Crippen LogP contribution >= 0.6 is 0 Å². The minimum absolute atomic E-state index is 0.00655. The van der Waals surface area contributed by atoms with Crippen LogP contribution in [-0.4, -0.2) is 26.3 Å². The van der Waals surface area contributed by atoms with Gasteiger partial charge in [-0.3, -0.25) is 14.9 Å². The molecule has 3 aromatic rings. The number of nitro benzene ring substituents is 1. The topological polar surface area (TPSA) is 102 Å². The number of carboxylic acids is 1. The highest BCUT2D eigenvalue weighted by molar-refractivity contribution is 6.11.